The second kappa shape index (κ2) is 5.13. The molecule has 1 aromatic carbocycles. The maximum absolute atomic E-state index is 13.2. The Morgan fingerprint density at radius 3 is 2.87 bits per heavy atom. The summed E-state index contributed by atoms with van der Waals surface area (Å²) in [4.78, 5) is 10.5. The zero-order valence-corrected chi connectivity index (χ0v) is 7.96. The van der Waals surface area contributed by atoms with E-state index >= 15 is 0 Å². The van der Waals surface area contributed by atoms with Crippen LogP contribution in [0.4, 0.5) is 4.39 Å². The predicted octanol–water partition coefficient (Wildman–Crippen LogP) is 1.25. The molecule has 15 heavy (non-hydrogen) atoms. The van der Waals surface area contributed by atoms with Crippen molar-refractivity contribution in [3.8, 4) is 12.3 Å². The van der Waals surface area contributed by atoms with Gasteiger partial charge < -0.3 is 10.4 Å². The van der Waals surface area contributed by atoms with Crippen molar-refractivity contribution in [2.24, 2.45) is 0 Å². The molecule has 0 bridgehead atoms. The predicted molar refractivity (Wildman–Crippen MR) is 53.9 cm³/mol. The molecule has 0 radical (unpaired) electrons. The van der Waals surface area contributed by atoms with Crippen molar-refractivity contribution in [2.75, 3.05) is 6.54 Å². The molecule has 1 aromatic rings. The monoisotopic (exact) mass is 207 g/mol. The van der Waals surface area contributed by atoms with Gasteiger partial charge in [0.25, 0.3) is 0 Å². The largest absolute Gasteiger partial charge is 0.478 e. The molecule has 2 N–H and O–H groups in total. The van der Waals surface area contributed by atoms with Gasteiger partial charge >= 0.3 is 5.97 Å². The highest BCUT2D eigenvalue weighted by Crippen LogP contribution is 2.10. The van der Waals surface area contributed by atoms with Gasteiger partial charge in [0.1, 0.15) is 5.82 Å². The number of hydrogen-bond donors (Lipinski definition) is 2. The standard InChI is InChI=1S/C11H10FNO2/c1-2-5-13-7-8-3-4-9(11(14)15)10(12)6-8/h1,3-4,6,13H,5,7H2,(H,14,15). The average molecular weight is 207 g/mol. The molecule has 0 aromatic heterocycles. The highest BCUT2D eigenvalue weighted by Gasteiger charge is 2.09. The van der Waals surface area contributed by atoms with Crippen molar-refractivity contribution in [2.45, 2.75) is 6.54 Å². The van der Waals surface area contributed by atoms with Gasteiger partial charge in [0, 0.05) is 6.54 Å². The van der Waals surface area contributed by atoms with Crippen LogP contribution in [-0.4, -0.2) is 17.6 Å². The summed E-state index contributed by atoms with van der Waals surface area (Å²) in [6.45, 7) is 0.809. The third kappa shape index (κ3) is 3.08. The van der Waals surface area contributed by atoms with Gasteiger partial charge in [-0.05, 0) is 17.7 Å². The van der Waals surface area contributed by atoms with Gasteiger partial charge in [0.05, 0.1) is 12.1 Å². The Kier molecular flexibility index (Phi) is 3.83. The number of terminal acetylenes is 1. The lowest BCUT2D eigenvalue weighted by molar-refractivity contribution is 0.0692. The van der Waals surface area contributed by atoms with Crippen molar-refractivity contribution < 1.29 is 14.3 Å². The molecule has 0 amide bonds. The van der Waals surface area contributed by atoms with E-state index in [2.05, 4.69) is 11.2 Å². The molecule has 0 fully saturated rings. The Bertz CT molecular complexity index is 410. The van der Waals surface area contributed by atoms with Crippen LogP contribution in [0.25, 0.3) is 0 Å². The number of carboxylic acids is 1. The van der Waals surface area contributed by atoms with Gasteiger partial charge in [-0.25, -0.2) is 9.18 Å². The summed E-state index contributed by atoms with van der Waals surface area (Å²) in [5.41, 5.74) is 0.337. The van der Waals surface area contributed by atoms with E-state index in [-0.39, 0.29) is 5.56 Å². The molecule has 0 aliphatic rings. The van der Waals surface area contributed by atoms with Crippen LogP contribution in [0.1, 0.15) is 15.9 Å². The maximum atomic E-state index is 13.2. The van der Waals surface area contributed by atoms with Crippen LogP contribution in [0.15, 0.2) is 18.2 Å². The summed E-state index contributed by atoms with van der Waals surface area (Å²) in [6, 6.07) is 3.98. The van der Waals surface area contributed by atoms with Gasteiger partial charge in [-0.3, -0.25) is 0 Å². The van der Waals surface area contributed by atoms with E-state index in [9.17, 15) is 9.18 Å². The maximum Gasteiger partial charge on any atom is 0.338 e. The van der Waals surface area contributed by atoms with E-state index in [0.717, 1.165) is 0 Å². The molecule has 1 rings (SSSR count). The molecule has 0 aliphatic heterocycles. The van der Waals surface area contributed by atoms with E-state index in [0.29, 0.717) is 18.7 Å². The van der Waals surface area contributed by atoms with Gasteiger partial charge in [0.15, 0.2) is 0 Å². The van der Waals surface area contributed by atoms with Crippen molar-refractivity contribution in [3.05, 3.63) is 35.1 Å². The van der Waals surface area contributed by atoms with Crippen molar-refractivity contribution >= 4 is 5.97 Å². The zero-order valence-electron chi connectivity index (χ0n) is 7.96. The van der Waals surface area contributed by atoms with Crippen molar-refractivity contribution in [3.63, 3.8) is 0 Å². The molecule has 0 saturated heterocycles. The first kappa shape index (κ1) is 11.2. The minimum atomic E-state index is -1.27. The molecule has 4 heteroatoms. The SMILES string of the molecule is C#CCNCc1ccc(C(=O)O)c(F)c1. The summed E-state index contributed by atoms with van der Waals surface area (Å²) in [6.07, 6.45) is 5.02. The third-order valence-corrected chi connectivity index (χ3v) is 1.82. The van der Waals surface area contributed by atoms with Gasteiger partial charge in [-0.2, -0.15) is 0 Å². The third-order valence-electron chi connectivity index (χ3n) is 1.82. The fourth-order valence-corrected chi connectivity index (χ4v) is 1.12. The Hall–Kier alpha value is -1.86. The second-order valence-electron chi connectivity index (χ2n) is 2.93. The fourth-order valence-electron chi connectivity index (χ4n) is 1.12. The molecule has 0 aliphatic carbocycles. The summed E-state index contributed by atoms with van der Waals surface area (Å²) < 4.78 is 13.2. The van der Waals surface area contributed by atoms with Crippen LogP contribution in [0.3, 0.4) is 0 Å². The van der Waals surface area contributed by atoms with E-state index in [4.69, 9.17) is 11.5 Å². The van der Waals surface area contributed by atoms with Gasteiger partial charge in [-0.1, -0.05) is 12.0 Å². The van der Waals surface area contributed by atoms with E-state index < -0.39 is 11.8 Å². The van der Waals surface area contributed by atoms with Gasteiger partial charge in [-0.15, -0.1) is 6.42 Å². The van der Waals surface area contributed by atoms with E-state index in [1.807, 2.05) is 0 Å². The molecule has 78 valence electrons. The minimum Gasteiger partial charge on any atom is -0.478 e. The summed E-state index contributed by atoms with van der Waals surface area (Å²) >= 11 is 0. The van der Waals surface area contributed by atoms with Crippen LogP contribution in [0.2, 0.25) is 0 Å². The van der Waals surface area contributed by atoms with Crippen molar-refractivity contribution in [1.29, 1.82) is 0 Å². The first-order valence-electron chi connectivity index (χ1n) is 4.31. The quantitative estimate of drug-likeness (QED) is 0.577. The Morgan fingerprint density at radius 1 is 1.60 bits per heavy atom. The lowest BCUT2D eigenvalue weighted by Crippen LogP contribution is -2.13. The molecule has 0 saturated carbocycles. The normalized spacial score (nSPS) is 9.60. The summed E-state index contributed by atoms with van der Waals surface area (Å²) in [5.74, 6) is 0.381. The van der Waals surface area contributed by atoms with Crippen LogP contribution >= 0.6 is 0 Å². The summed E-state index contributed by atoms with van der Waals surface area (Å²) in [5, 5.41) is 11.5. The molecule has 0 spiro atoms. The van der Waals surface area contributed by atoms with Gasteiger partial charge in [0.2, 0.25) is 0 Å². The van der Waals surface area contributed by atoms with Crippen LogP contribution in [-0.2, 0) is 6.54 Å². The smallest absolute Gasteiger partial charge is 0.338 e. The zero-order chi connectivity index (χ0) is 11.3. The average Bonchev–Trinajstić information content (AvgIpc) is 2.17. The number of carbonyl (C=O) groups is 1. The first-order chi connectivity index (χ1) is 7.15. The first-order valence-corrected chi connectivity index (χ1v) is 4.31. The number of aromatic carboxylic acids is 1. The number of nitrogens with one attached hydrogen (secondary N) is 1. The molecule has 0 heterocycles. The van der Waals surface area contributed by atoms with E-state index in [1.54, 1.807) is 6.07 Å². The Balaban J connectivity index is 2.74. The number of benzene rings is 1. The number of halogens is 1. The molecule has 0 unspecified atom stereocenters. The molecular weight excluding hydrogens is 197 g/mol. The molecular formula is C11H10FNO2. The lowest BCUT2D eigenvalue weighted by atomic mass is 10.1. The highest BCUT2D eigenvalue weighted by atomic mass is 19.1. The highest BCUT2D eigenvalue weighted by molar-refractivity contribution is 5.87. The molecule has 3 nitrogen and oxygen atoms in total. The van der Waals surface area contributed by atoms with Crippen LogP contribution in [0.5, 0.6) is 0 Å². The lowest BCUT2D eigenvalue weighted by Gasteiger charge is -2.03. The van der Waals surface area contributed by atoms with E-state index in [1.165, 1.54) is 12.1 Å². The van der Waals surface area contributed by atoms with Crippen molar-refractivity contribution in [1.82, 2.24) is 5.32 Å². The van der Waals surface area contributed by atoms with Crippen LogP contribution in [0, 0.1) is 18.2 Å². The Labute approximate surface area is 86.9 Å². The molecule has 0 atom stereocenters. The van der Waals surface area contributed by atoms with Crippen LogP contribution < -0.4 is 5.32 Å². The number of rotatable bonds is 4. The topological polar surface area (TPSA) is 49.3 Å². The number of hydrogen-bond acceptors (Lipinski definition) is 2. The number of carboxylic acid groups (broad SMARTS) is 1. The minimum absolute atomic E-state index is 0.323. The Morgan fingerprint density at radius 2 is 2.33 bits per heavy atom. The second-order valence-corrected chi connectivity index (χ2v) is 2.93. The summed E-state index contributed by atoms with van der Waals surface area (Å²) in [7, 11) is 0. The fraction of sp³-hybridized carbons (Fsp3) is 0.182.